The van der Waals surface area contributed by atoms with Crippen LogP contribution < -0.4 is 0 Å². The highest BCUT2D eigenvalue weighted by molar-refractivity contribution is 7.19. The first-order valence-electron chi connectivity index (χ1n) is 7.19. The highest BCUT2D eigenvalue weighted by Gasteiger charge is 2.18. The molecule has 108 valence electrons. The standard InChI is InChI=1S/C18H13ClN2S/c1-2-14-15(16-17(19)20-10-21-18(16)22-14)13-9-5-7-11-6-3-4-8-12(11)13/h3-10H,2H2,1H3. The molecule has 0 aliphatic heterocycles. The minimum Gasteiger partial charge on any atom is -0.225 e. The zero-order valence-electron chi connectivity index (χ0n) is 12.0. The van der Waals surface area contributed by atoms with Crippen LogP contribution in [-0.2, 0) is 6.42 Å². The van der Waals surface area contributed by atoms with Gasteiger partial charge in [0.15, 0.2) is 0 Å². The van der Waals surface area contributed by atoms with Gasteiger partial charge in [-0.05, 0) is 22.8 Å². The first-order chi connectivity index (χ1) is 10.8. The van der Waals surface area contributed by atoms with Gasteiger partial charge in [-0.25, -0.2) is 9.97 Å². The van der Waals surface area contributed by atoms with E-state index in [1.807, 2.05) is 0 Å². The summed E-state index contributed by atoms with van der Waals surface area (Å²) in [4.78, 5) is 10.8. The molecule has 2 aromatic carbocycles. The molecule has 4 aromatic rings. The summed E-state index contributed by atoms with van der Waals surface area (Å²) in [5.41, 5.74) is 2.39. The van der Waals surface area contributed by atoms with Gasteiger partial charge in [-0.3, -0.25) is 0 Å². The minimum atomic E-state index is 0.531. The third-order valence-electron chi connectivity index (χ3n) is 3.90. The molecule has 22 heavy (non-hydrogen) atoms. The Balaban J connectivity index is 2.16. The van der Waals surface area contributed by atoms with Gasteiger partial charge in [-0.1, -0.05) is 61.0 Å². The first-order valence-corrected chi connectivity index (χ1v) is 8.39. The lowest BCUT2D eigenvalue weighted by atomic mass is 9.96. The molecule has 0 aliphatic carbocycles. The van der Waals surface area contributed by atoms with Crippen LogP contribution in [0.4, 0.5) is 0 Å². The van der Waals surface area contributed by atoms with Crippen LogP contribution in [0.3, 0.4) is 0 Å². The molecule has 0 spiro atoms. The smallest absolute Gasteiger partial charge is 0.141 e. The third kappa shape index (κ3) is 2.01. The number of hydrogen-bond acceptors (Lipinski definition) is 3. The molecule has 4 heteroatoms. The SMILES string of the molecule is CCc1sc2ncnc(Cl)c2c1-c1cccc2ccccc12. The van der Waals surface area contributed by atoms with Crippen molar-refractivity contribution in [2.24, 2.45) is 0 Å². The van der Waals surface area contributed by atoms with Gasteiger partial charge < -0.3 is 0 Å². The van der Waals surface area contributed by atoms with Crippen LogP contribution in [0.15, 0.2) is 48.8 Å². The molecule has 0 amide bonds. The lowest BCUT2D eigenvalue weighted by Gasteiger charge is -2.08. The Hall–Kier alpha value is -1.97. The first kappa shape index (κ1) is 13.7. The molecule has 0 radical (unpaired) electrons. The highest BCUT2D eigenvalue weighted by Crippen LogP contribution is 2.43. The summed E-state index contributed by atoms with van der Waals surface area (Å²) in [5, 5.41) is 3.97. The minimum absolute atomic E-state index is 0.531. The molecule has 0 bridgehead atoms. The Morgan fingerprint density at radius 3 is 2.73 bits per heavy atom. The predicted molar refractivity (Wildman–Crippen MR) is 94.7 cm³/mol. The van der Waals surface area contributed by atoms with Crippen molar-refractivity contribution in [2.75, 3.05) is 0 Å². The molecule has 0 N–H and O–H groups in total. The van der Waals surface area contributed by atoms with Gasteiger partial charge in [0.1, 0.15) is 16.3 Å². The van der Waals surface area contributed by atoms with E-state index >= 15 is 0 Å². The molecule has 4 rings (SSSR count). The van der Waals surface area contributed by atoms with Crippen molar-refractivity contribution >= 4 is 43.9 Å². The molecule has 2 aromatic heterocycles. The monoisotopic (exact) mass is 324 g/mol. The Kier molecular flexibility index (Phi) is 3.32. The van der Waals surface area contributed by atoms with Gasteiger partial charge in [-0.2, -0.15) is 0 Å². The zero-order valence-corrected chi connectivity index (χ0v) is 13.6. The van der Waals surface area contributed by atoms with Crippen molar-refractivity contribution in [3.05, 3.63) is 58.8 Å². The summed E-state index contributed by atoms with van der Waals surface area (Å²) in [5.74, 6) is 0. The van der Waals surface area contributed by atoms with Crippen LogP contribution in [0, 0.1) is 0 Å². The summed E-state index contributed by atoms with van der Waals surface area (Å²) in [6.07, 6.45) is 2.49. The van der Waals surface area contributed by atoms with E-state index in [-0.39, 0.29) is 0 Å². The van der Waals surface area contributed by atoms with Crippen LogP contribution >= 0.6 is 22.9 Å². The molecule has 2 nitrogen and oxygen atoms in total. The van der Waals surface area contributed by atoms with E-state index in [1.54, 1.807) is 11.3 Å². The van der Waals surface area contributed by atoms with Crippen molar-refractivity contribution in [1.82, 2.24) is 9.97 Å². The van der Waals surface area contributed by atoms with E-state index in [0.717, 1.165) is 16.6 Å². The largest absolute Gasteiger partial charge is 0.225 e. The Bertz CT molecular complexity index is 986. The van der Waals surface area contributed by atoms with Crippen molar-refractivity contribution < 1.29 is 0 Å². The van der Waals surface area contributed by atoms with Gasteiger partial charge in [0.05, 0.1) is 5.39 Å². The van der Waals surface area contributed by atoms with Gasteiger partial charge in [0.25, 0.3) is 0 Å². The number of halogens is 1. The second kappa shape index (κ2) is 5.34. The molecule has 0 aliphatic rings. The van der Waals surface area contributed by atoms with Crippen molar-refractivity contribution in [2.45, 2.75) is 13.3 Å². The van der Waals surface area contributed by atoms with Crippen LogP contribution in [0.5, 0.6) is 0 Å². The van der Waals surface area contributed by atoms with Crippen molar-refractivity contribution in [1.29, 1.82) is 0 Å². The summed E-state index contributed by atoms with van der Waals surface area (Å²) in [6, 6.07) is 14.8. The zero-order chi connectivity index (χ0) is 15.1. The molecular formula is C18H13ClN2S. The average Bonchev–Trinajstić information content (AvgIpc) is 2.94. The second-order valence-electron chi connectivity index (χ2n) is 5.13. The van der Waals surface area contributed by atoms with Crippen LogP contribution in [0.25, 0.3) is 32.1 Å². The Labute approximate surface area is 137 Å². The maximum atomic E-state index is 6.39. The second-order valence-corrected chi connectivity index (χ2v) is 6.57. The number of rotatable bonds is 2. The van der Waals surface area contributed by atoms with E-state index in [9.17, 15) is 0 Å². The van der Waals surface area contributed by atoms with Gasteiger partial charge in [0, 0.05) is 10.4 Å². The maximum absolute atomic E-state index is 6.39. The molecule has 0 atom stereocenters. The van der Waals surface area contributed by atoms with E-state index in [0.29, 0.717) is 5.15 Å². The summed E-state index contributed by atoms with van der Waals surface area (Å²) in [6.45, 7) is 2.17. The van der Waals surface area contributed by atoms with E-state index in [1.165, 1.54) is 33.1 Å². The third-order valence-corrected chi connectivity index (χ3v) is 5.42. The topological polar surface area (TPSA) is 25.8 Å². The molecule has 0 fully saturated rings. The fraction of sp³-hybridized carbons (Fsp3) is 0.111. The summed E-state index contributed by atoms with van der Waals surface area (Å²) in [7, 11) is 0. The van der Waals surface area contributed by atoms with Crippen molar-refractivity contribution in [3.8, 4) is 11.1 Å². The summed E-state index contributed by atoms with van der Waals surface area (Å²) < 4.78 is 0. The number of benzene rings is 2. The van der Waals surface area contributed by atoms with Crippen molar-refractivity contribution in [3.63, 3.8) is 0 Å². The van der Waals surface area contributed by atoms with Gasteiger partial charge in [-0.15, -0.1) is 11.3 Å². The van der Waals surface area contributed by atoms with Crippen LogP contribution in [-0.4, -0.2) is 9.97 Å². The number of nitrogens with zero attached hydrogens (tertiary/aromatic N) is 2. The fourth-order valence-electron chi connectivity index (χ4n) is 2.92. The number of hydrogen-bond donors (Lipinski definition) is 0. The average molecular weight is 325 g/mol. The number of fused-ring (bicyclic) bond motifs is 2. The van der Waals surface area contributed by atoms with Gasteiger partial charge in [0.2, 0.25) is 0 Å². The Morgan fingerprint density at radius 1 is 1.05 bits per heavy atom. The molecule has 0 saturated heterocycles. The number of aryl methyl sites for hydroxylation is 1. The molecule has 0 saturated carbocycles. The number of thiophene rings is 1. The lowest BCUT2D eigenvalue weighted by molar-refractivity contribution is 1.19. The molecular weight excluding hydrogens is 312 g/mol. The summed E-state index contributed by atoms with van der Waals surface area (Å²) >= 11 is 8.10. The quantitative estimate of drug-likeness (QED) is 0.440. The Morgan fingerprint density at radius 2 is 1.86 bits per heavy atom. The van der Waals surface area contributed by atoms with Crippen LogP contribution in [0.1, 0.15) is 11.8 Å². The van der Waals surface area contributed by atoms with E-state index < -0.39 is 0 Å². The fourth-order valence-corrected chi connectivity index (χ4v) is 4.30. The number of aromatic nitrogens is 2. The highest BCUT2D eigenvalue weighted by atomic mass is 35.5. The van der Waals surface area contributed by atoms with E-state index in [2.05, 4.69) is 59.4 Å². The predicted octanol–water partition coefficient (Wildman–Crippen LogP) is 5.73. The van der Waals surface area contributed by atoms with Gasteiger partial charge >= 0.3 is 0 Å². The van der Waals surface area contributed by atoms with E-state index in [4.69, 9.17) is 11.6 Å². The molecule has 0 unspecified atom stereocenters. The molecule has 2 heterocycles. The normalized spacial score (nSPS) is 11.4. The van der Waals surface area contributed by atoms with Crippen LogP contribution in [0.2, 0.25) is 5.15 Å². The maximum Gasteiger partial charge on any atom is 0.141 e. The lowest BCUT2D eigenvalue weighted by Crippen LogP contribution is -1.86.